The Hall–Kier alpha value is -1.36. The zero-order valence-electron chi connectivity index (χ0n) is 23.6. The Bertz CT molecular complexity index is 934. The van der Waals surface area contributed by atoms with E-state index in [4.69, 9.17) is 28.2 Å². The van der Waals surface area contributed by atoms with Crippen molar-refractivity contribution in [1.82, 2.24) is 0 Å². The fourth-order valence-corrected chi connectivity index (χ4v) is 6.75. The number of carbonyl (C=O) groups excluding carboxylic acids is 1. The zero-order valence-corrected chi connectivity index (χ0v) is 24.5. The van der Waals surface area contributed by atoms with Crippen molar-refractivity contribution in [2.45, 2.75) is 89.0 Å². The van der Waals surface area contributed by atoms with Crippen LogP contribution in [0.25, 0.3) is 0 Å². The third-order valence-corrected chi connectivity index (χ3v) is 9.57. The van der Waals surface area contributed by atoms with Crippen molar-refractivity contribution < 1.29 is 47.8 Å². The van der Waals surface area contributed by atoms with Crippen LogP contribution < -0.4 is 5.30 Å². The van der Waals surface area contributed by atoms with Gasteiger partial charge in [0.15, 0.2) is 0 Å². The zero-order chi connectivity index (χ0) is 28.5. The summed E-state index contributed by atoms with van der Waals surface area (Å²) >= 11 is 0. The molecule has 2 saturated heterocycles. The van der Waals surface area contributed by atoms with E-state index >= 15 is 0 Å². The van der Waals surface area contributed by atoms with Gasteiger partial charge in [0.2, 0.25) is 7.37 Å². The molecular weight excluding hydrogens is 527 g/mol. The third kappa shape index (κ3) is 11.2. The highest BCUT2D eigenvalue weighted by molar-refractivity contribution is 7.67. The fraction of sp³-hybridized carbons (Fsp3) is 0.750. The molecule has 0 amide bonds. The van der Waals surface area contributed by atoms with Crippen molar-refractivity contribution in [1.29, 1.82) is 0 Å². The van der Waals surface area contributed by atoms with Crippen LogP contribution in [0.1, 0.15) is 53.4 Å². The highest BCUT2D eigenvalue weighted by Crippen LogP contribution is 2.50. The quantitative estimate of drug-likeness (QED) is 0.145. The number of rotatable bonds is 19. The van der Waals surface area contributed by atoms with E-state index in [-0.39, 0.29) is 44.4 Å². The van der Waals surface area contributed by atoms with Crippen LogP contribution in [-0.4, -0.2) is 97.6 Å². The average Bonchev–Trinajstić information content (AvgIpc) is 3.69. The highest BCUT2D eigenvalue weighted by atomic mass is 31.2. The van der Waals surface area contributed by atoms with Gasteiger partial charge in [-0.25, -0.2) is 0 Å². The number of ether oxygens (including phenoxy) is 5. The lowest BCUT2D eigenvalue weighted by Gasteiger charge is -2.33. The molecule has 0 aromatic heterocycles. The molecule has 0 radical (unpaired) electrons. The first-order valence-corrected chi connectivity index (χ1v) is 15.5. The minimum Gasteiger partial charge on any atom is -0.463 e. The minimum absolute atomic E-state index is 0.00999. The topological polar surface area (TPSA) is 133 Å². The SMILES string of the molecule is CCC(C)(CC(O)COC(=O)CCP(=O)(OC(C)(C)CC(O)COC1COC1)c1ccccc1)OCC1CO1. The van der Waals surface area contributed by atoms with Crippen LogP contribution in [0.5, 0.6) is 0 Å². The van der Waals surface area contributed by atoms with Gasteiger partial charge in [0.05, 0.1) is 62.9 Å². The summed E-state index contributed by atoms with van der Waals surface area (Å²) in [4.78, 5) is 12.6. The Morgan fingerprint density at radius 2 is 1.74 bits per heavy atom. The van der Waals surface area contributed by atoms with E-state index < -0.39 is 36.7 Å². The van der Waals surface area contributed by atoms with Crippen molar-refractivity contribution in [3.05, 3.63) is 30.3 Å². The van der Waals surface area contributed by atoms with Gasteiger partial charge in [-0.05, 0) is 39.3 Å². The lowest BCUT2D eigenvalue weighted by Crippen LogP contribution is -2.39. The van der Waals surface area contributed by atoms with Crippen molar-refractivity contribution in [3.63, 3.8) is 0 Å². The van der Waals surface area contributed by atoms with Gasteiger partial charge in [-0.3, -0.25) is 9.36 Å². The van der Waals surface area contributed by atoms with Gasteiger partial charge < -0.3 is 38.4 Å². The molecule has 2 aliphatic heterocycles. The molecule has 2 N–H and O–H groups in total. The van der Waals surface area contributed by atoms with E-state index in [2.05, 4.69) is 0 Å². The molecule has 5 atom stereocenters. The largest absolute Gasteiger partial charge is 0.463 e. The van der Waals surface area contributed by atoms with Crippen molar-refractivity contribution in [3.8, 4) is 0 Å². The van der Waals surface area contributed by atoms with Gasteiger partial charge in [-0.15, -0.1) is 0 Å². The van der Waals surface area contributed by atoms with E-state index in [9.17, 15) is 19.6 Å². The first-order valence-electron chi connectivity index (χ1n) is 13.7. The Morgan fingerprint density at radius 1 is 1.08 bits per heavy atom. The Balaban J connectivity index is 1.51. The summed E-state index contributed by atoms with van der Waals surface area (Å²) in [5, 5.41) is 21.4. The molecule has 2 fully saturated rings. The number of hydrogen-bond donors (Lipinski definition) is 2. The Labute approximate surface area is 231 Å². The first-order chi connectivity index (χ1) is 18.4. The summed E-state index contributed by atoms with van der Waals surface area (Å²) in [7, 11) is -3.50. The van der Waals surface area contributed by atoms with Crippen LogP contribution in [0.15, 0.2) is 30.3 Å². The van der Waals surface area contributed by atoms with Gasteiger partial charge in [0, 0.05) is 24.3 Å². The summed E-state index contributed by atoms with van der Waals surface area (Å²) in [5.74, 6) is -0.576. The van der Waals surface area contributed by atoms with E-state index in [1.165, 1.54) is 0 Å². The second-order valence-electron chi connectivity index (χ2n) is 11.3. The van der Waals surface area contributed by atoms with Crippen molar-refractivity contribution >= 4 is 18.6 Å². The van der Waals surface area contributed by atoms with Crippen LogP contribution >= 0.6 is 7.37 Å². The van der Waals surface area contributed by atoms with Gasteiger partial charge in [-0.1, -0.05) is 25.1 Å². The molecular formula is C28H45O10P. The van der Waals surface area contributed by atoms with Crippen LogP contribution in [0.3, 0.4) is 0 Å². The molecule has 222 valence electrons. The smallest absolute Gasteiger partial charge is 0.306 e. The molecule has 39 heavy (non-hydrogen) atoms. The number of benzene rings is 1. The normalized spacial score (nSPS) is 22.3. The average molecular weight is 573 g/mol. The molecule has 0 saturated carbocycles. The van der Waals surface area contributed by atoms with Crippen LogP contribution in [-0.2, 0) is 37.6 Å². The maximum Gasteiger partial charge on any atom is 0.306 e. The van der Waals surface area contributed by atoms with Gasteiger partial charge in [-0.2, -0.15) is 0 Å². The monoisotopic (exact) mass is 572 g/mol. The molecule has 10 nitrogen and oxygen atoms in total. The summed E-state index contributed by atoms with van der Waals surface area (Å²) in [6.07, 6.45) is -0.629. The predicted molar refractivity (Wildman–Crippen MR) is 145 cm³/mol. The lowest BCUT2D eigenvalue weighted by atomic mass is 9.95. The molecule has 11 heteroatoms. The number of carbonyl (C=O) groups is 1. The predicted octanol–water partition coefficient (Wildman–Crippen LogP) is 2.82. The number of aliphatic hydroxyl groups excluding tert-OH is 2. The van der Waals surface area contributed by atoms with Gasteiger partial charge in [0.25, 0.3) is 0 Å². The fourth-order valence-electron chi connectivity index (χ4n) is 4.32. The number of epoxide rings is 1. The highest BCUT2D eigenvalue weighted by Gasteiger charge is 2.36. The second-order valence-corrected chi connectivity index (χ2v) is 13.8. The molecule has 3 rings (SSSR count). The molecule has 2 heterocycles. The summed E-state index contributed by atoms with van der Waals surface area (Å²) in [6.45, 7) is 9.56. The van der Waals surface area contributed by atoms with Gasteiger partial charge in [0.1, 0.15) is 18.8 Å². The molecule has 1 aromatic rings. The van der Waals surface area contributed by atoms with Crippen LogP contribution in [0.2, 0.25) is 0 Å². The second kappa shape index (κ2) is 14.5. The number of hydrogen-bond acceptors (Lipinski definition) is 10. The standard InChI is InChI=1S/C28H45O10P/c1-5-28(4,37-20-24-19-35-24)14-22(30)16-36-26(31)11-12-39(32,25-9-7-6-8-10-25)38-27(2,3)13-21(29)15-34-23-17-33-18-23/h6-10,21-24,29-30H,5,11-20H2,1-4H3. The summed E-state index contributed by atoms with van der Waals surface area (Å²) in [6, 6.07) is 8.75. The third-order valence-electron chi connectivity index (χ3n) is 6.89. The Morgan fingerprint density at radius 3 is 2.33 bits per heavy atom. The Kier molecular flexibility index (Phi) is 12.0. The molecule has 2 aliphatic rings. The van der Waals surface area contributed by atoms with E-state index in [0.717, 1.165) is 0 Å². The summed E-state index contributed by atoms with van der Waals surface area (Å²) < 4.78 is 47.4. The number of esters is 1. The summed E-state index contributed by atoms with van der Waals surface area (Å²) in [5.41, 5.74) is -1.51. The number of aliphatic hydroxyl groups is 2. The molecule has 1 aromatic carbocycles. The molecule has 5 unspecified atom stereocenters. The van der Waals surface area contributed by atoms with E-state index in [0.29, 0.717) is 44.6 Å². The lowest BCUT2D eigenvalue weighted by molar-refractivity contribution is -0.148. The molecule has 0 spiro atoms. The van der Waals surface area contributed by atoms with Crippen molar-refractivity contribution in [2.75, 3.05) is 45.8 Å². The van der Waals surface area contributed by atoms with E-state index in [1.807, 2.05) is 19.9 Å². The van der Waals surface area contributed by atoms with Gasteiger partial charge >= 0.3 is 5.97 Å². The van der Waals surface area contributed by atoms with Crippen molar-refractivity contribution in [2.24, 2.45) is 0 Å². The maximum atomic E-state index is 14.1. The minimum atomic E-state index is -3.50. The first kappa shape index (κ1) is 32.2. The van der Waals surface area contributed by atoms with Crippen LogP contribution in [0.4, 0.5) is 0 Å². The van der Waals surface area contributed by atoms with Crippen LogP contribution in [0, 0.1) is 0 Å². The van der Waals surface area contributed by atoms with E-state index in [1.54, 1.807) is 38.1 Å². The molecule has 0 bridgehead atoms. The maximum absolute atomic E-state index is 14.1. The molecule has 0 aliphatic carbocycles.